The summed E-state index contributed by atoms with van der Waals surface area (Å²) in [5.74, 6) is -0.215. The third kappa shape index (κ3) is 4.26. The Morgan fingerprint density at radius 2 is 1.90 bits per heavy atom. The highest BCUT2D eigenvalue weighted by atomic mass is 127. The van der Waals surface area contributed by atoms with Crippen molar-refractivity contribution in [1.29, 1.82) is 0 Å². The van der Waals surface area contributed by atoms with Crippen LogP contribution < -0.4 is 5.32 Å². The highest BCUT2D eigenvalue weighted by molar-refractivity contribution is 14.1. The minimum absolute atomic E-state index is 0.146. The second-order valence-corrected chi connectivity index (χ2v) is 7.48. The van der Waals surface area contributed by atoms with Gasteiger partial charge in [-0.3, -0.25) is 0 Å². The summed E-state index contributed by atoms with van der Waals surface area (Å²) in [5.41, 5.74) is 2.18. The standard InChI is InChI=1S/C15H13Br2FIN/c1-20-15(13-8-10(16)2-3-14(13)19)6-9-4-11(17)7-12(18)5-9/h2-5,7-8,15,20H,6H2,1H3. The maximum atomic E-state index is 13.5. The highest BCUT2D eigenvalue weighted by Gasteiger charge is 2.14. The van der Waals surface area contributed by atoms with E-state index < -0.39 is 0 Å². The van der Waals surface area contributed by atoms with E-state index in [0.29, 0.717) is 0 Å². The van der Waals surface area contributed by atoms with Crippen LogP contribution in [0.25, 0.3) is 0 Å². The van der Waals surface area contributed by atoms with Crippen molar-refractivity contribution in [3.05, 3.63) is 65.9 Å². The molecular formula is C15H13Br2FIN. The number of rotatable bonds is 4. The molecule has 2 aromatic rings. The average Bonchev–Trinajstić information content (AvgIpc) is 2.38. The number of likely N-dealkylation sites (N-methyl/N-ethyl adjacent to an activating group) is 1. The van der Waals surface area contributed by atoms with Crippen LogP contribution in [0, 0.1) is 9.39 Å². The van der Waals surface area contributed by atoms with Gasteiger partial charge in [0.1, 0.15) is 5.82 Å². The first-order chi connectivity index (χ1) is 9.49. The van der Waals surface area contributed by atoms with Gasteiger partial charge >= 0.3 is 0 Å². The zero-order valence-electron chi connectivity index (χ0n) is 10.8. The third-order valence-electron chi connectivity index (χ3n) is 3.04. The SMILES string of the molecule is CNC(Cc1cc(F)cc(Br)c1)c1cc(Br)ccc1I. The summed E-state index contributed by atoms with van der Waals surface area (Å²) in [4.78, 5) is 0. The van der Waals surface area contributed by atoms with Crippen LogP contribution in [0.5, 0.6) is 0 Å². The van der Waals surface area contributed by atoms with E-state index in [0.717, 1.165) is 20.9 Å². The van der Waals surface area contributed by atoms with Crippen molar-refractivity contribution in [1.82, 2.24) is 5.32 Å². The van der Waals surface area contributed by atoms with E-state index in [-0.39, 0.29) is 11.9 Å². The number of hydrogen-bond donors (Lipinski definition) is 1. The molecule has 5 heteroatoms. The van der Waals surface area contributed by atoms with Crippen molar-refractivity contribution in [2.45, 2.75) is 12.5 Å². The zero-order valence-corrected chi connectivity index (χ0v) is 16.1. The molecule has 0 aliphatic heterocycles. The van der Waals surface area contributed by atoms with Crippen LogP contribution in [0.15, 0.2) is 45.3 Å². The Balaban J connectivity index is 2.31. The number of benzene rings is 2. The molecular weight excluding hydrogens is 500 g/mol. The molecule has 0 aliphatic carbocycles. The summed E-state index contributed by atoms with van der Waals surface area (Å²) >= 11 is 9.17. The van der Waals surface area contributed by atoms with Crippen molar-refractivity contribution in [3.8, 4) is 0 Å². The predicted molar refractivity (Wildman–Crippen MR) is 96.5 cm³/mol. The summed E-state index contributed by atoms with van der Waals surface area (Å²) in [6.07, 6.45) is 0.735. The van der Waals surface area contributed by atoms with Crippen molar-refractivity contribution < 1.29 is 4.39 Å². The minimum Gasteiger partial charge on any atom is -0.313 e. The lowest BCUT2D eigenvalue weighted by atomic mass is 9.99. The van der Waals surface area contributed by atoms with Crippen molar-refractivity contribution in [2.24, 2.45) is 0 Å². The lowest BCUT2D eigenvalue weighted by molar-refractivity contribution is 0.581. The molecule has 0 radical (unpaired) electrons. The normalized spacial score (nSPS) is 12.4. The second kappa shape index (κ2) is 7.33. The molecule has 0 heterocycles. The van der Waals surface area contributed by atoms with Gasteiger partial charge < -0.3 is 5.32 Å². The lowest BCUT2D eigenvalue weighted by Gasteiger charge is -2.19. The Hall–Kier alpha value is 0.0200. The molecule has 0 aromatic heterocycles. The van der Waals surface area contributed by atoms with E-state index in [2.05, 4.69) is 71.9 Å². The van der Waals surface area contributed by atoms with Gasteiger partial charge in [-0.15, -0.1) is 0 Å². The fraction of sp³-hybridized carbons (Fsp3) is 0.200. The van der Waals surface area contributed by atoms with Gasteiger partial charge in [-0.2, -0.15) is 0 Å². The molecule has 20 heavy (non-hydrogen) atoms. The average molecular weight is 513 g/mol. The Labute approximate surface area is 148 Å². The summed E-state index contributed by atoms with van der Waals surface area (Å²) in [7, 11) is 1.93. The van der Waals surface area contributed by atoms with Crippen LogP contribution in [0.4, 0.5) is 4.39 Å². The molecule has 0 saturated carbocycles. The van der Waals surface area contributed by atoms with Crippen molar-refractivity contribution >= 4 is 54.5 Å². The first kappa shape index (κ1) is 16.4. The van der Waals surface area contributed by atoms with Gasteiger partial charge in [0, 0.05) is 18.6 Å². The van der Waals surface area contributed by atoms with Gasteiger partial charge in [0.15, 0.2) is 0 Å². The topological polar surface area (TPSA) is 12.0 Å². The first-order valence-electron chi connectivity index (χ1n) is 6.07. The van der Waals surface area contributed by atoms with Gasteiger partial charge in [0.25, 0.3) is 0 Å². The Bertz CT molecular complexity index is 599. The minimum atomic E-state index is -0.215. The van der Waals surface area contributed by atoms with Crippen molar-refractivity contribution in [2.75, 3.05) is 7.05 Å². The molecule has 2 aromatic carbocycles. The maximum Gasteiger partial charge on any atom is 0.124 e. The van der Waals surface area contributed by atoms with Crippen LogP contribution in [-0.4, -0.2) is 7.05 Å². The lowest BCUT2D eigenvalue weighted by Crippen LogP contribution is -2.20. The number of nitrogens with one attached hydrogen (secondary N) is 1. The summed E-state index contributed by atoms with van der Waals surface area (Å²) in [6, 6.07) is 11.4. The van der Waals surface area contributed by atoms with Gasteiger partial charge in [0.2, 0.25) is 0 Å². The number of hydrogen-bond acceptors (Lipinski definition) is 1. The highest BCUT2D eigenvalue weighted by Crippen LogP contribution is 2.27. The molecule has 0 amide bonds. The van der Waals surface area contributed by atoms with Gasteiger partial charge in [-0.05, 0) is 83.6 Å². The molecule has 1 atom stereocenters. The Kier molecular flexibility index (Phi) is 6.01. The van der Waals surface area contributed by atoms with Gasteiger partial charge in [0.05, 0.1) is 0 Å². The fourth-order valence-electron chi connectivity index (χ4n) is 2.11. The molecule has 0 bridgehead atoms. The molecule has 0 spiro atoms. The van der Waals surface area contributed by atoms with E-state index in [4.69, 9.17) is 0 Å². The van der Waals surface area contributed by atoms with Crippen LogP contribution in [0.1, 0.15) is 17.2 Å². The van der Waals surface area contributed by atoms with Crippen LogP contribution in [0.2, 0.25) is 0 Å². The van der Waals surface area contributed by atoms with Crippen LogP contribution >= 0.6 is 54.5 Å². The van der Waals surface area contributed by atoms with E-state index >= 15 is 0 Å². The van der Waals surface area contributed by atoms with E-state index in [1.165, 1.54) is 15.2 Å². The largest absolute Gasteiger partial charge is 0.313 e. The Morgan fingerprint density at radius 3 is 2.55 bits per heavy atom. The molecule has 0 fully saturated rings. The molecule has 0 saturated heterocycles. The first-order valence-corrected chi connectivity index (χ1v) is 8.73. The van der Waals surface area contributed by atoms with Gasteiger partial charge in [-0.25, -0.2) is 4.39 Å². The summed E-state index contributed by atoms with van der Waals surface area (Å²) in [5, 5.41) is 3.31. The van der Waals surface area contributed by atoms with E-state index in [1.807, 2.05) is 19.2 Å². The van der Waals surface area contributed by atoms with Gasteiger partial charge in [-0.1, -0.05) is 31.9 Å². The quantitative estimate of drug-likeness (QED) is 0.537. The smallest absolute Gasteiger partial charge is 0.124 e. The molecule has 1 nitrogen and oxygen atoms in total. The summed E-state index contributed by atoms with van der Waals surface area (Å²) < 4.78 is 16.5. The summed E-state index contributed by atoms with van der Waals surface area (Å²) in [6.45, 7) is 0. The molecule has 106 valence electrons. The van der Waals surface area contributed by atoms with Crippen molar-refractivity contribution in [3.63, 3.8) is 0 Å². The van der Waals surface area contributed by atoms with E-state index in [9.17, 15) is 4.39 Å². The molecule has 1 N–H and O–H groups in total. The van der Waals surface area contributed by atoms with Crippen LogP contribution in [0.3, 0.4) is 0 Å². The second-order valence-electron chi connectivity index (χ2n) is 4.49. The molecule has 0 aliphatic rings. The molecule has 1 unspecified atom stereocenters. The maximum absolute atomic E-state index is 13.5. The molecule has 2 rings (SSSR count). The third-order valence-corrected chi connectivity index (χ3v) is 4.98. The zero-order chi connectivity index (χ0) is 14.7. The van der Waals surface area contributed by atoms with E-state index in [1.54, 1.807) is 6.07 Å². The fourth-order valence-corrected chi connectivity index (χ4v) is 3.72. The Morgan fingerprint density at radius 1 is 1.15 bits per heavy atom. The predicted octanol–water partition coefficient (Wildman–Crippen LogP) is 5.46. The van der Waals surface area contributed by atoms with Crippen LogP contribution in [-0.2, 0) is 6.42 Å². The number of halogens is 4. The monoisotopic (exact) mass is 511 g/mol.